The van der Waals surface area contributed by atoms with Gasteiger partial charge in [-0.15, -0.1) is 0 Å². The molecule has 2 aromatic rings. The van der Waals surface area contributed by atoms with E-state index in [1.54, 1.807) is 6.07 Å². The van der Waals surface area contributed by atoms with Crippen LogP contribution < -0.4 is 0 Å². The van der Waals surface area contributed by atoms with Gasteiger partial charge in [0.2, 0.25) is 0 Å². The minimum atomic E-state index is -0.870. The third-order valence-electron chi connectivity index (χ3n) is 3.10. The Morgan fingerprint density at radius 2 is 1.59 bits per heavy atom. The molecule has 2 aromatic carbocycles. The van der Waals surface area contributed by atoms with Gasteiger partial charge in [-0.05, 0) is 42.2 Å². The lowest BCUT2D eigenvalue weighted by Gasteiger charge is -2.11. The molecule has 0 saturated carbocycles. The maximum Gasteiger partial charge on any atom is 0.335 e. The Morgan fingerprint density at radius 1 is 0.941 bits per heavy atom. The first-order valence-corrected chi connectivity index (χ1v) is 5.50. The Morgan fingerprint density at radius 3 is 2.18 bits per heavy atom. The van der Waals surface area contributed by atoms with Gasteiger partial charge in [0.05, 0.1) is 5.56 Å². The topological polar surface area (TPSA) is 37.3 Å². The van der Waals surface area contributed by atoms with Gasteiger partial charge in [-0.2, -0.15) is 0 Å². The molecular formula is C15H14O2. The number of carbonyl (C=O) groups is 1. The highest BCUT2D eigenvalue weighted by Gasteiger charge is 2.12. The van der Waals surface area contributed by atoms with E-state index in [1.165, 1.54) is 0 Å². The monoisotopic (exact) mass is 226 g/mol. The van der Waals surface area contributed by atoms with Crippen molar-refractivity contribution in [2.24, 2.45) is 0 Å². The zero-order chi connectivity index (χ0) is 12.4. The van der Waals surface area contributed by atoms with E-state index in [-0.39, 0.29) is 0 Å². The van der Waals surface area contributed by atoms with Crippen LogP contribution >= 0.6 is 0 Å². The second-order valence-electron chi connectivity index (χ2n) is 4.08. The van der Waals surface area contributed by atoms with Gasteiger partial charge in [-0.25, -0.2) is 4.79 Å². The van der Waals surface area contributed by atoms with Crippen LogP contribution in [-0.2, 0) is 0 Å². The molecule has 0 spiro atoms. The third kappa shape index (κ3) is 2.07. The molecule has 2 rings (SSSR count). The smallest absolute Gasteiger partial charge is 0.335 e. The van der Waals surface area contributed by atoms with E-state index in [1.807, 2.05) is 50.2 Å². The molecule has 0 aromatic heterocycles. The lowest BCUT2D eigenvalue weighted by atomic mass is 9.94. The summed E-state index contributed by atoms with van der Waals surface area (Å²) in [4.78, 5) is 11.0. The zero-order valence-corrected chi connectivity index (χ0v) is 9.90. The summed E-state index contributed by atoms with van der Waals surface area (Å²) in [5.41, 5.74) is 4.44. The fourth-order valence-corrected chi connectivity index (χ4v) is 1.98. The van der Waals surface area contributed by atoms with Crippen molar-refractivity contribution in [3.05, 3.63) is 59.2 Å². The quantitative estimate of drug-likeness (QED) is 0.848. The fourth-order valence-electron chi connectivity index (χ4n) is 1.98. The number of aromatic carboxylic acids is 1. The summed E-state index contributed by atoms with van der Waals surface area (Å²) in [6, 6.07) is 13.5. The van der Waals surface area contributed by atoms with Gasteiger partial charge >= 0.3 is 5.97 Å². The normalized spacial score (nSPS) is 10.2. The maximum atomic E-state index is 11.0. The molecular weight excluding hydrogens is 212 g/mol. The van der Waals surface area contributed by atoms with E-state index >= 15 is 0 Å². The summed E-state index contributed by atoms with van der Waals surface area (Å²) < 4.78 is 0. The predicted octanol–water partition coefficient (Wildman–Crippen LogP) is 3.67. The van der Waals surface area contributed by atoms with Crippen molar-refractivity contribution in [2.45, 2.75) is 13.8 Å². The molecule has 0 aliphatic carbocycles. The van der Waals surface area contributed by atoms with Gasteiger partial charge < -0.3 is 5.11 Å². The van der Waals surface area contributed by atoms with Gasteiger partial charge in [-0.3, -0.25) is 0 Å². The summed E-state index contributed by atoms with van der Waals surface area (Å²) in [7, 11) is 0. The number of hydrogen-bond donors (Lipinski definition) is 1. The Bertz CT molecular complexity index is 557. The number of benzene rings is 2. The molecule has 2 nitrogen and oxygen atoms in total. The van der Waals surface area contributed by atoms with Crippen molar-refractivity contribution in [3.8, 4) is 11.1 Å². The molecule has 0 amide bonds. The number of rotatable bonds is 2. The summed E-state index contributed by atoms with van der Waals surface area (Å²) in [5, 5.41) is 9.05. The lowest BCUT2D eigenvalue weighted by molar-refractivity contribution is 0.0696. The summed E-state index contributed by atoms with van der Waals surface area (Å²) in [6.07, 6.45) is 0. The van der Waals surface area contributed by atoms with Crippen LogP contribution in [0.1, 0.15) is 21.5 Å². The molecule has 86 valence electrons. The van der Waals surface area contributed by atoms with Gasteiger partial charge in [0.15, 0.2) is 0 Å². The molecule has 0 bridgehead atoms. The van der Waals surface area contributed by atoms with Crippen LogP contribution in [0.2, 0.25) is 0 Å². The summed E-state index contributed by atoms with van der Waals surface area (Å²) in [6.45, 7) is 3.81. The van der Waals surface area contributed by atoms with E-state index in [2.05, 4.69) is 0 Å². The fraction of sp³-hybridized carbons (Fsp3) is 0.133. The molecule has 0 saturated heterocycles. The average molecular weight is 226 g/mol. The van der Waals surface area contributed by atoms with Crippen LogP contribution in [-0.4, -0.2) is 11.1 Å². The van der Waals surface area contributed by atoms with E-state index in [0.29, 0.717) is 5.56 Å². The zero-order valence-electron chi connectivity index (χ0n) is 9.90. The molecule has 2 heteroatoms. The van der Waals surface area contributed by atoms with Crippen LogP contribution in [0.15, 0.2) is 42.5 Å². The maximum absolute atomic E-state index is 11.0. The van der Waals surface area contributed by atoms with Crippen molar-refractivity contribution in [1.82, 2.24) is 0 Å². The van der Waals surface area contributed by atoms with Gasteiger partial charge in [0, 0.05) is 0 Å². The van der Waals surface area contributed by atoms with Gasteiger partial charge in [0.1, 0.15) is 0 Å². The van der Waals surface area contributed by atoms with Crippen molar-refractivity contribution >= 4 is 5.97 Å². The Labute approximate surface area is 101 Å². The highest BCUT2D eigenvalue weighted by Crippen LogP contribution is 2.27. The van der Waals surface area contributed by atoms with Crippen molar-refractivity contribution in [3.63, 3.8) is 0 Å². The molecule has 0 radical (unpaired) electrons. The molecule has 0 aliphatic rings. The minimum Gasteiger partial charge on any atom is -0.478 e. The largest absolute Gasteiger partial charge is 0.478 e. The highest BCUT2D eigenvalue weighted by molar-refractivity contribution is 5.91. The molecule has 0 fully saturated rings. The van der Waals surface area contributed by atoms with Crippen LogP contribution in [0, 0.1) is 13.8 Å². The van der Waals surface area contributed by atoms with Crippen LogP contribution in [0.5, 0.6) is 0 Å². The average Bonchev–Trinajstić information content (AvgIpc) is 2.33. The van der Waals surface area contributed by atoms with E-state index in [0.717, 1.165) is 22.3 Å². The number of carboxylic acids is 1. The molecule has 0 aliphatic heterocycles. The lowest BCUT2D eigenvalue weighted by Crippen LogP contribution is -2.02. The van der Waals surface area contributed by atoms with Crippen LogP contribution in [0.3, 0.4) is 0 Å². The standard InChI is InChI=1S/C15H14O2/c1-10-11(2)14(15(16)17)9-8-13(10)12-6-4-3-5-7-12/h3-9H,1-2H3,(H,16,17). The number of carboxylic acid groups (broad SMARTS) is 1. The Balaban J connectivity index is 2.60. The predicted molar refractivity (Wildman–Crippen MR) is 68.3 cm³/mol. The summed E-state index contributed by atoms with van der Waals surface area (Å²) >= 11 is 0. The SMILES string of the molecule is Cc1c(C(=O)O)ccc(-c2ccccc2)c1C. The van der Waals surface area contributed by atoms with Crippen molar-refractivity contribution in [2.75, 3.05) is 0 Å². The van der Waals surface area contributed by atoms with E-state index in [4.69, 9.17) is 5.11 Å². The highest BCUT2D eigenvalue weighted by atomic mass is 16.4. The first-order chi connectivity index (χ1) is 8.11. The Kier molecular flexibility index (Phi) is 2.96. The number of hydrogen-bond acceptors (Lipinski definition) is 1. The molecule has 1 N–H and O–H groups in total. The first kappa shape index (κ1) is 11.4. The second kappa shape index (κ2) is 4.42. The minimum absolute atomic E-state index is 0.377. The van der Waals surface area contributed by atoms with Crippen LogP contribution in [0.4, 0.5) is 0 Å². The van der Waals surface area contributed by atoms with Gasteiger partial charge in [-0.1, -0.05) is 36.4 Å². The van der Waals surface area contributed by atoms with E-state index < -0.39 is 5.97 Å². The molecule has 0 unspecified atom stereocenters. The summed E-state index contributed by atoms with van der Waals surface area (Å²) in [5.74, 6) is -0.870. The van der Waals surface area contributed by atoms with Crippen LogP contribution in [0.25, 0.3) is 11.1 Å². The van der Waals surface area contributed by atoms with Gasteiger partial charge in [0.25, 0.3) is 0 Å². The van der Waals surface area contributed by atoms with E-state index in [9.17, 15) is 4.79 Å². The molecule has 17 heavy (non-hydrogen) atoms. The van der Waals surface area contributed by atoms with Crippen molar-refractivity contribution < 1.29 is 9.90 Å². The Hall–Kier alpha value is -2.09. The molecule has 0 atom stereocenters. The van der Waals surface area contributed by atoms with Crippen molar-refractivity contribution in [1.29, 1.82) is 0 Å². The molecule has 0 heterocycles. The third-order valence-corrected chi connectivity index (χ3v) is 3.10. The second-order valence-corrected chi connectivity index (χ2v) is 4.08. The first-order valence-electron chi connectivity index (χ1n) is 5.50.